The van der Waals surface area contributed by atoms with Gasteiger partial charge in [-0.25, -0.2) is 8.42 Å². The lowest BCUT2D eigenvalue weighted by Crippen LogP contribution is -2.46. The molecule has 174 valence electrons. The molecule has 2 rings (SSSR count). The molecule has 1 aromatic rings. The number of carbonyl (C=O) groups excluding carboxylic acids is 2. The number of rotatable bonds is 10. The zero-order valence-electron chi connectivity index (χ0n) is 18.9. The highest BCUT2D eigenvalue weighted by atomic mass is 32.2. The summed E-state index contributed by atoms with van der Waals surface area (Å²) in [5, 5.41) is 0. The molecule has 0 saturated carbocycles. The third-order valence-electron chi connectivity index (χ3n) is 5.49. The standard InChI is InChI=1S/C22H34N2O6S/c1-5-30-21(25)16-23(14-15-29-4)22(26)19-10-12-24(13-11-19)31(27,28)20-8-6-18(7-9-20)17(2)3/h6-9,17,19H,5,10-16H2,1-4H3. The summed E-state index contributed by atoms with van der Waals surface area (Å²) in [6.07, 6.45) is 0.822. The van der Waals surface area contributed by atoms with Crippen LogP contribution in [0.25, 0.3) is 0 Å². The van der Waals surface area contributed by atoms with Gasteiger partial charge in [-0.3, -0.25) is 9.59 Å². The second kappa shape index (κ2) is 11.6. The first kappa shape index (κ1) is 25.3. The monoisotopic (exact) mass is 454 g/mol. The maximum atomic E-state index is 13.0. The topological polar surface area (TPSA) is 93.2 Å². The number of sulfonamides is 1. The predicted molar refractivity (Wildman–Crippen MR) is 117 cm³/mol. The molecule has 1 aromatic carbocycles. The van der Waals surface area contributed by atoms with Crippen LogP contribution >= 0.6 is 0 Å². The van der Waals surface area contributed by atoms with E-state index < -0.39 is 16.0 Å². The van der Waals surface area contributed by atoms with Crippen LogP contribution in [0.15, 0.2) is 29.2 Å². The number of hydrogen-bond donors (Lipinski definition) is 0. The molecule has 1 fully saturated rings. The van der Waals surface area contributed by atoms with Crippen molar-refractivity contribution >= 4 is 21.9 Å². The normalized spacial score (nSPS) is 15.8. The van der Waals surface area contributed by atoms with Gasteiger partial charge in [-0.1, -0.05) is 26.0 Å². The summed E-state index contributed by atoms with van der Waals surface area (Å²) in [6.45, 7) is 7.08. The number of nitrogens with zero attached hydrogens (tertiary/aromatic N) is 2. The Bertz CT molecular complexity index is 830. The molecule has 1 amide bonds. The molecular formula is C22H34N2O6S. The first-order chi connectivity index (χ1) is 14.7. The Balaban J connectivity index is 2.02. The van der Waals surface area contributed by atoms with Gasteiger partial charge in [0.05, 0.1) is 18.1 Å². The molecule has 1 saturated heterocycles. The Morgan fingerprint density at radius 2 is 1.77 bits per heavy atom. The lowest BCUT2D eigenvalue weighted by molar-refractivity contribution is -0.151. The lowest BCUT2D eigenvalue weighted by atomic mass is 9.96. The van der Waals surface area contributed by atoms with Gasteiger partial charge in [-0.15, -0.1) is 0 Å². The molecule has 0 aromatic heterocycles. The summed E-state index contributed by atoms with van der Waals surface area (Å²) >= 11 is 0. The molecule has 1 heterocycles. The highest BCUT2D eigenvalue weighted by molar-refractivity contribution is 7.89. The van der Waals surface area contributed by atoms with Crippen LogP contribution in [0.1, 0.15) is 45.1 Å². The number of hydrogen-bond acceptors (Lipinski definition) is 6. The molecule has 8 nitrogen and oxygen atoms in total. The number of methoxy groups -OCH3 is 1. The first-order valence-electron chi connectivity index (χ1n) is 10.7. The Labute approximate surface area is 185 Å². The number of esters is 1. The first-order valence-corrected chi connectivity index (χ1v) is 12.2. The number of carbonyl (C=O) groups is 2. The highest BCUT2D eigenvalue weighted by Crippen LogP contribution is 2.26. The Morgan fingerprint density at radius 3 is 2.29 bits per heavy atom. The molecule has 0 atom stereocenters. The van der Waals surface area contributed by atoms with Gasteiger partial charge >= 0.3 is 5.97 Å². The van der Waals surface area contributed by atoms with E-state index in [9.17, 15) is 18.0 Å². The fraction of sp³-hybridized carbons (Fsp3) is 0.636. The number of piperidine rings is 1. The maximum absolute atomic E-state index is 13.0. The van der Waals surface area contributed by atoms with Crippen molar-refractivity contribution < 1.29 is 27.5 Å². The van der Waals surface area contributed by atoms with E-state index in [4.69, 9.17) is 9.47 Å². The lowest BCUT2D eigenvalue weighted by Gasteiger charge is -2.33. The van der Waals surface area contributed by atoms with Crippen LogP contribution in [0.4, 0.5) is 0 Å². The fourth-order valence-corrected chi connectivity index (χ4v) is 5.08. The van der Waals surface area contributed by atoms with Crippen LogP contribution in [0.5, 0.6) is 0 Å². The summed E-state index contributed by atoms with van der Waals surface area (Å²) in [4.78, 5) is 26.5. The van der Waals surface area contributed by atoms with Gasteiger partial charge in [-0.2, -0.15) is 4.31 Å². The Kier molecular flexibility index (Phi) is 9.46. The minimum Gasteiger partial charge on any atom is -0.465 e. The van der Waals surface area contributed by atoms with E-state index in [1.165, 1.54) is 16.3 Å². The zero-order valence-corrected chi connectivity index (χ0v) is 19.7. The minimum atomic E-state index is -3.60. The summed E-state index contributed by atoms with van der Waals surface area (Å²) in [5.41, 5.74) is 1.08. The minimum absolute atomic E-state index is 0.128. The molecule has 0 spiro atoms. The number of ether oxygens (including phenoxy) is 2. The van der Waals surface area contributed by atoms with Crippen molar-refractivity contribution in [2.45, 2.75) is 44.4 Å². The number of amides is 1. The molecule has 0 bridgehead atoms. The largest absolute Gasteiger partial charge is 0.465 e. The van der Waals surface area contributed by atoms with Crippen molar-refractivity contribution in [2.24, 2.45) is 5.92 Å². The van der Waals surface area contributed by atoms with Gasteiger partial charge in [0, 0.05) is 32.7 Å². The molecule has 0 aliphatic carbocycles. The van der Waals surface area contributed by atoms with Gasteiger partial charge in [0.2, 0.25) is 15.9 Å². The van der Waals surface area contributed by atoms with Gasteiger partial charge in [0.1, 0.15) is 6.54 Å². The molecular weight excluding hydrogens is 420 g/mol. The third kappa shape index (κ3) is 6.75. The molecule has 31 heavy (non-hydrogen) atoms. The van der Waals surface area contributed by atoms with E-state index >= 15 is 0 Å². The molecule has 0 N–H and O–H groups in total. The average Bonchev–Trinajstić information content (AvgIpc) is 2.76. The second-order valence-electron chi connectivity index (χ2n) is 7.96. The van der Waals surface area contributed by atoms with E-state index in [2.05, 4.69) is 13.8 Å². The van der Waals surface area contributed by atoms with E-state index in [1.807, 2.05) is 12.1 Å². The summed E-state index contributed by atoms with van der Waals surface area (Å²) in [6, 6.07) is 6.98. The second-order valence-corrected chi connectivity index (χ2v) is 9.90. The van der Waals surface area contributed by atoms with E-state index in [1.54, 1.807) is 19.1 Å². The zero-order chi connectivity index (χ0) is 23.0. The smallest absolute Gasteiger partial charge is 0.325 e. The van der Waals surface area contributed by atoms with Crippen molar-refractivity contribution in [3.05, 3.63) is 29.8 Å². The quantitative estimate of drug-likeness (QED) is 0.504. The Hall–Kier alpha value is -1.97. The van der Waals surface area contributed by atoms with Crippen LogP contribution in [0.2, 0.25) is 0 Å². The Morgan fingerprint density at radius 1 is 1.16 bits per heavy atom. The van der Waals surface area contributed by atoms with Crippen LogP contribution < -0.4 is 0 Å². The van der Waals surface area contributed by atoms with Crippen LogP contribution in [0.3, 0.4) is 0 Å². The molecule has 0 radical (unpaired) electrons. The van der Waals surface area contributed by atoms with Crippen LogP contribution in [-0.2, 0) is 29.1 Å². The summed E-state index contributed by atoms with van der Waals surface area (Å²) < 4.78 is 37.4. The molecule has 9 heteroatoms. The fourth-order valence-electron chi connectivity index (χ4n) is 3.61. The highest BCUT2D eigenvalue weighted by Gasteiger charge is 2.34. The summed E-state index contributed by atoms with van der Waals surface area (Å²) in [7, 11) is -2.07. The van der Waals surface area contributed by atoms with Crippen LogP contribution in [0, 0.1) is 5.92 Å². The van der Waals surface area contributed by atoms with E-state index in [0.717, 1.165) is 5.56 Å². The van der Waals surface area contributed by atoms with Crippen molar-refractivity contribution in [1.29, 1.82) is 0 Å². The SMILES string of the molecule is CCOC(=O)CN(CCOC)C(=O)C1CCN(S(=O)(=O)c2ccc(C(C)C)cc2)CC1. The third-order valence-corrected chi connectivity index (χ3v) is 7.40. The van der Waals surface area contributed by atoms with E-state index in [-0.39, 0.29) is 49.5 Å². The predicted octanol–water partition coefficient (Wildman–Crippen LogP) is 2.25. The van der Waals surface area contributed by atoms with Gasteiger partial charge in [0.25, 0.3) is 0 Å². The molecule has 1 aliphatic rings. The van der Waals surface area contributed by atoms with Crippen molar-refractivity contribution in [2.75, 3.05) is 46.5 Å². The average molecular weight is 455 g/mol. The van der Waals surface area contributed by atoms with Crippen molar-refractivity contribution in [3.63, 3.8) is 0 Å². The van der Waals surface area contributed by atoms with E-state index in [0.29, 0.717) is 25.4 Å². The van der Waals surface area contributed by atoms with Gasteiger partial charge in [-0.05, 0) is 43.4 Å². The van der Waals surface area contributed by atoms with Gasteiger partial charge in [0.15, 0.2) is 0 Å². The van der Waals surface area contributed by atoms with Crippen molar-refractivity contribution in [3.8, 4) is 0 Å². The van der Waals surface area contributed by atoms with Crippen molar-refractivity contribution in [1.82, 2.24) is 9.21 Å². The molecule has 0 unspecified atom stereocenters. The number of benzene rings is 1. The summed E-state index contributed by atoms with van der Waals surface area (Å²) in [5.74, 6) is -0.629. The van der Waals surface area contributed by atoms with Crippen LogP contribution in [-0.4, -0.2) is 76.0 Å². The van der Waals surface area contributed by atoms with Gasteiger partial charge < -0.3 is 14.4 Å². The maximum Gasteiger partial charge on any atom is 0.325 e. The molecule has 1 aliphatic heterocycles.